The van der Waals surface area contributed by atoms with Gasteiger partial charge in [-0.25, -0.2) is 4.68 Å². The third kappa shape index (κ3) is 1.23. The van der Waals surface area contributed by atoms with Gasteiger partial charge in [0, 0.05) is 12.0 Å². The molecule has 2 heterocycles. The van der Waals surface area contributed by atoms with Crippen molar-refractivity contribution in [3.63, 3.8) is 0 Å². The first-order valence-electron chi connectivity index (χ1n) is 4.39. The highest BCUT2D eigenvalue weighted by Crippen LogP contribution is 2.25. The van der Waals surface area contributed by atoms with Crippen molar-refractivity contribution >= 4 is 5.95 Å². The summed E-state index contributed by atoms with van der Waals surface area (Å²) in [5, 5.41) is 11.0. The van der Waals surface area contributed by atoms with Crippen LogP contribution in [0.15, 0.2) is 0 Å². The first-order chi connectivity index (χ1) is 6.20. The van der Waals surface area contributed by atoms with Crippen molar-refractivity contribution in [1.82, 2.24) is 20.2 Å². The molecule has 2 unspecified atom stereocenters. The number of anilines is 1. The number of nitrogens with two attached hydrogens (primary N) is 2. The van der Waals surface area contributed by atoms with E-state index in [1.807, 2.05) is 0 Å². The summed E-state index contributed by atoms with van der Waals surface area (Å²) in [7, 11) is 0. The van der Waals surface area contributed by atoms with E-state index in [1.165, 1.54) is 4.68 Å². The lowest BCUT2D eigenvalue weighted by atomic mass is 10.0. The van der Waals surface area contributed by atoms with Crippen LogP contribution in [0.1, 0.15) is 25.1 Å². The summed E-state index contributed by atoms with van der Waals surface area (Å²) in [5.74, 6) is 7.06. The van der Waals surface area contributed by atoms with Crippen LogP contribution in [0.5, 0.6) is 0 Å². The Morgan fingerprint density at radius 3 is 2.77 bits per heavy atom. The molecule has 0 radical (unpaired) electrons. The molecule has 13 heavy (non-hydrogen) atoms. The number of nitrogen functional groups attached to an aromatic ring is 2. The van der Waals surface area contributed by atoms with Gasteiger partial charge in [-0.1, -0.05) is 0 Å². The molecule has 1 fully saturated rings. The molecule has 0 spiro atoms. The summed E-state index contributed by atoms with van der Waals surface area (Å²) < 4.78 is 1.37. The molecule has 1 aromatic heterocycles. The second-order valence-electron chi connectivity index (χ2n) is 3.42. The molecule has 0 saturated carbocycles. The van der Waals surface area contributed by atoms with Crippen molar-refractivity contribution in [2.45, 2.75) is 25.3 Å². The average Bonchev–Trinajstić information content (AvgIpc) is 2.62. The van der Waals surface area contributed by atoms with Crippen molar-refractivity contribution in [1.29, 1.82) is 0 Å². The minimum atomic E-state index is 0.272. The van der Waals surface area contributed by atoms with Crippen LogP contribution >= 0.6 is 0 Å². The molecule has 1 aliphatic heterocycles. The second kappa shape index (κ2) is 2.88. The number of hydrogen-bond donors (Lipinski definition) is 3. The average molecular weight is 182 g/mol. The molecule has 2 atom stereocenters. The SMILES string of the molecule is CC1NCCC1c1nnc(N)n1N. The Morgan fingerprint density at radius 2 is 2.31 bits per heavy atom. The van der Waals surface area contributed by atoms with E-state index in [4.69, 9.17) is 11.6 Å². The van der Waals surface area contributed by atoms with Gasteiger partial charge in [-0.15, -0.1) is 10.2 Å². The molecule has 0 bridgehead atoms. The zero-order valence-electron chi connectivity index (χ0n) is 7.57. The molecule has 0 aliphatic carbocycles. The fourth-order valence-corrected chi connectivity index (χ4v) is 1.78. The monoisotopic (exact) mass is 182 g/mol. The number of aromatic nitrogens is 3. The Bertz CT molecular complexity index is 306. The lowest BCUT2D eigenvalue weighted by Crippen LogP contribution is -2.26. The maximum absolute atomic E-state index is 5.68. The van der Waals surface area contributed by atoms with Crippen LogP contribution in [0.4, 0.5) is 5.95 Å². The topological polar surface area (TPSA) is 94.8 Å². The van der Waals surface area contributed by atoms with E-state index in [1.54, 1.807) is 0 Å². The summed E-state index contributed by atoms with van der Waals surface area (Å²) in [4.78, 5) is 0. The molecule has 72 valence electrons. The fraction of sp³-hybridized carbons (Fsp3) is 0.714. The van der Waals surface area contributed by atoms with Gasteiger partial charge in [-0.05, 0) is 19.9 Å². The lowest BCUT2D eigenvalue weighted by Gasteiger charge is -2.13. The molecule has 0 amide bonds. The van der Waals surface area contributed by atoms with Crippen molar-refractivity contribution in [3.05, 3.63) is 5.82 Å². The Kier molecular flexibility index (Phi) is 1.84. The standard InChI is InChI=1S/C7H14N6/c1-4-5(2-3-10-4)6-11-12-7(8)13(6)9/h4-5,10H,2-3,9H2,1H3,(H2,8,12). The van der Waals surface area contributed by atoms with Gasteiger partial charge in [-0.2, -0.15) is 0 Å². The van der Waals surface area contributed by atoms with Gasteiger partial charge in [-0.3, -0.25) is 0 Å². The van der Waals surface area contributed by atoms with Gasteiger partial charge in [0.05, 0.1) is 0 Å². The fourth-order valence-electron chi connectivity index (χ4n) is 1.78. The molecule has 0 aromatic carbocycles. The van der Waals surface area contributed by atoms with Gasteiger partial charge in [0.25, 0.3) is 0 Å². The normalized spacial score (nSPS) is 28.1. The summed E-state index contributed by atoms with van der Waals surface area (Å²) in [5.41, 5.74) is 5.50. The predicted octanol–water partition coefficient (Wildman–Crippen LogP) is -0.960. The molecule has 1 aromatic rings. The number of hydrogen-bond acceptors (Lipinski definition) is 5. The minimum Gasteiger partial charge on any atom is -0.366 e. The van der Waals surface area contributed by atoms with Crippen LogP contribution in [-0.4, -0.2) is 27.5 Å². The van der Waals surface area contributed by atoms with Crippen LogP contribution in [0.25, 0.3) is 0 Å². The van der Waals surface area contributed by atoms with Gasteiger partial charge in [0.15, 0.2) is 5.82 Å². The van der Waals surface area contributed by atoms with Crippen molar-refractivity contribution < 1.29 is 0 Å². The summed E-state index contributed by atoms with van der Waals surface area (Å²) in [6.07, 6.45) is 1.04. The molecule has 6 heteroatoms. The van der Waals surface area contributed by atoms with E-state index in [9.17, 15) is 0 Å². The van der Waals surface area contributed by atoms with Crippen LogP contribution in [0, 0.1) is 0 Å². The molecule has 6 nitrogen and oxygen atoms in total. The Hall–Kier alpha value is -1.30. The highest BCUT2D eigenvalue weighted by molar-refractivity contribution is 5.20. The lowest BCUT2D eigenvalue weighted by molar-refractivity contribution is 0.556. The zero-order valence-corrected chi connectivity index (χ0v) is 7.57. The van der Waals surface area contributed by atoms with Crippen LogP contribution in [0.2, 0.25) is 0 Å². The third-order valence-electron chi connectivity index (χ3n) is 2.61. The summed E-state index contributed by atoms with van der Waals surface area (Å²) in [6.45, 7) is 3.11. The largest absolute Gasteiger partial charge is 0.366 e. The van der Waals surface area contributed by atoms with E-state index in [0.717, 1.165) is 18.8 Å². The van der Waals surface area contributed by atoms with Gasteiger partial charge in [0.1, 0.15) is 0 Å². The highest BCUT2D eigenvalue weighted by atomic mass is 15.4. The van der Waals surface area contributed by atoms with Crippen molar-refractivity contribution in [2.24, 2.45) is 0 Å². The molecule has 1 saturated heterocycles. The molecule has 2 rings (SSSR count). The quantitative estimate of drug-likeness (QED) is 0.486. The van der Waals surface area contributed by atoms with E-state index in [0.29, 0.717) is 12.0 Å². The van der Waals surface area contributed by atoms with Gasteiger partial charge in [0.2, 0.25) is 5.95 Å². The molecule has 5 N–H and O–H groups in total. The Morgan fingerprint density at radius 1 is 1.54 bits per heavy atom. The first kappa shape index (κ1) is 8.31. The molecule has 1 aliphatic rings. The number of nitrogens with zero attached hydrogens (tertiary/aromatic N) is 3. The maximum atomic E-state index is 5.68. The van der Waals surface area contributed by atoms with Crippen molar-refractivity contribution in [2.75, 3.05) is 18.1 Å². The third-order valence-corrected chi connectivity index (χ3v) is 2.61. The van der Waals surface area contributed by atoms with E-state index in [-0.39, 0.29) is 5.95 Å². The first-order valence-corrected chi connectivity index (χ1v) is 4.39. The van der Waals surface area contributed by atoms with Crippen LogP contribution in [-0.2, 0) is 0 Å². The second-order valence-corrected chi connectivity index (χ2v) is 3.42. The van der Waals surface area contributed by atoms with Gasteiger partial charge >= 0.3 is 0 Å². The maximum Gasteiger partial charge on any atom is 0.240 e. The summed E-state index contributed by atoms with van der Waals surface area (Å²) >= 11 is 0. The number of rotatable bonds is 1. The van der Waals surface area contributed by atoms with Crippen LogP contribution < -0.4 is 16.9 Å². The van der Waals surface area contributed by atoms with Gasteiger partial charge < -0.3 is 16.9 Å². The molecular weight excluding hydrogens is 168 g/mol. The van der Waals surface area contributed by atoms with E-state index >= 15 is 0 Å². The molecular formula is C7H14N6. The number of nitrogens with one attached hydrogen (secondary N) is 1. The summed E-state index contributed by atoms with van der Waals surface area (Å²) in [6, 6.07) is 0.394. The smallest absolute Gasteiger partial charge is 0.240 e. The van der Waals surface area contributed by atoms with Crippen LogP contribution in [0.3, 0.4) is 0 Å². The Labute approximate surface area is 76.3 Å². The Balaban J connectivity index is 2.29. The zero-order chi connectivity index (χ0) is 9.42. The highest BCUT2D eigenvalue weighted by Gasteiger charge is 2.29. The minimum absolute atomic E-state index is 0.272. The van der Waals surface area contributed by atoms with E-state index in [2.05, 4.69) is 22.4 Å². The van der Waals surface area contributed by atoms with Crippen molar-refractivity contribution in [3.8, 4) is 0 Å². The van der Waals surface area contributed by atoms with E-state index < -0.39 is 0 Å². The predicted molar refractivity (Wildman–Crippen MR) is 49.4 cm³/mol.